The molecular weight excluding hydrogens is 256 g/mol. The van der Waals surface area contributed by atoms with E-state index in [1.54, 1.807) is 0 Å². The fourth-order valence-corrected chi connectivity index (χ4v) is 2.71. The second-order valence-electron chi connectivity index (χ2n) is 5.10. The van der Waals surface area contributed by atoms with Crippen molar-refractivity contribution in [1.82, 2.24) is 10.6 Å². The van der Waals surface area contributed by atoms with Crippen molar-refractivity contribution in [2.24, 2.45) is 0 Å². The fourth-order valence-electron chi connectivity index (χ4n) is 2.71. The molecule has 5 nitrogen and oxygen atoms in total. The van der Waals surface area contributed by atoms with Crippen molar-refractivity contribution in [1.29, 1.82) is 0 Å². The molecule has 1 aliphatic heterocycles. The Balaban J connectivity index is 2.15. The largest absolute Gasteiger partial charge is 0.481 e. The number of aliphatic carboxylic acids is 1. The maximum atomic E-state index is 12.6. The summed E-state index contributed by atoms with van der Waals surface area (Å²) >= 11 is 0. The minimum absolute atomic E-state index is 0.0468. The van der Waals surface area contributed by atoms with E-state index in [1.165, 1.54) is 0 Å². The first-order valence-corrected chi connectivity index (χ1v) is 6.91. The van der Waals surface area contributed by atoms with Crippen LogP contribution in [0.15, 0.2) is 30.3 Å². The predicted octanol–water partition coefficient (Wildman–Crippen LogP) is 0.899. The van der Waals surface area contributed by atoms with E-state index in [1.807, 2.05) is 30.3 Å². The van der Waals surface area contributed by atoms with Crippen molar-refractivity contribution in [3.8, 4) is 0 Å². The van der Waals surface area contributed by atoms with Gasteiger partial charge in [0.2, 0.25) is 5.91 Å². The van der Waals surface area contributed by atoms with E-state index in [0.29, 0.717) is 0 Å². The van der Waals surface area contributed by atoms with Crippen LogP contribution >= 0.6 is 0 Å². The first-order valence-electron chi connectivity index (χ1n) is 6.91. The highest BCUT2D eigenvalue weighted by Crippen LogP contribution is 2.33. The summed E-state index contributed by atoms with van der Waals surface area (Å²) in [4.78, 5) is 23.1. The van der Waals surface area contributed by atoms with Crippen LogP contribution < -0.4 is 10.6 Å². The summed E-state index contributed by atoms with van der Waals surface area (Å²) in [6, 6.07) is 9.75. The molecule has 3 N–H and O–H groups in total. The lowest BCUT2D eigenvalue weighted by atomic mass is 9.72. The zero-order valence-electron chi connectivity index (χ0n) is 11.4. The Morgan fingerprint density at radius 2 is 1.85 bits per heavy atom. The lowest BCUT2D eigenvalue weighted by Crippen LogP contribution is -2.51. The third-order valence-electron chi connectivity index (χ3n) is 3.84. The summed E-state index contributed by atoms with van der Waals surface area (Å²) in [6.45, 7) is 1.76. The van der Waals surface area contributed by atoms with Gasteiger partial charge < -0.3 is 15.7 Å². The second kappa shape index (κ2) is 6.52. The summed E-state index contributed by atoms with van der Waals surface area (Å²) in [7, 11) is 0. The molecule has 2 rings (SSSR count). The van der Waals surface area contributed by atoms with E-state index in [4.69, 9.17) is 5.11 Å². The molecule has 1 heterocycles. The molecule has 1 amide bonds. The normalized spacial score (nSPS) is 17.4. The van der Waals surface area contributed by atoms with Gasteiger partial charge in [-0.05, 0) is 31.5 Å². The van der Waals surface area contributed by atoms with Gasteiger partial charge in [-0.25, -0.2) is 0 Å². The maximum Gasteiger partial charge on any atom is 0.305 e. The quantitative estimate of drug-likeness (QED) is 0.746. The molecule has 108 valence electrons. The predicted molar refractivity (Wildman–Crippen MR) is 75.5 cm³/mol. The van der Waals surface area contributed by atoms with Crippen LogP contribution in [0.2, 0.25) is 0 Å². The summed E-state index contributed by atoms with van der Waals surface area (Å²) < 4.78 is 0. The molecule has 1 saturated heterocycles. The van der Waals surface area contributed by atoms with Crippen LogP contribution in [0, 0.1) is 0 Å². The highest BCUT2D eigenvalue weighted by atomic mass is 16.4. The van der Waals surface area contributed by atoms with Crippen LogP contribution in [-0.4, -0.2) is 36.6 Å². The van der Waals surface area contributed by atoms with Crippen LogP contribution in [0.25, 0.3) is 0 Å². The number of amides is 1. The van der Waals surface area contributed by atoms with Gasteiger partial charge in [0.05, 0.1) is 11.8 Å². The Bertz CT molecular complexity index is 467. The number of carboxylic acid groups (broad SMARTS) is 1. The van der Waals surface area contributed by atoms with Gasteiger partial charge in [-0.15, -0.1) is 0 Å². The van der Waals surface area contributed by atoms with Gasteiger partial charge in [-0.1, -0.05) is 30.3 Å². The lowest BCUT2D eigenvalue weighted by Gasteiger charge is -2.36. The van der Waals surface area contributed by atoms with Gasteiger partial charge in [0, 0.05) is 6.54 Å². The third-order valence-corrected chi connectivity index (χ3v) is 3.84. The van der Waals surface area contributed by atoms with Gasteiger partial charge in [0.1, 0.15) is 0 Å². The number of hydrogen-bond donors (Lipinski definition) is 3. The Morgan fingerprint density at radius 3 is 2.45 bits per heavy atom. The molecule has 0 radical (unpaired) electrons. The lowest BCUT2D eigenvalue weighted by molar-refractivity contribution is -0.137. The van der Waals surface area contributed by atoms with Crippen LogP contribution in [-0.2, 0) is 15.0 Å². The molecule has 1 fully saturated rings. The van der Waals surface area contributed by atoms with Crippen molar-refractivity contribution >= 4 is 11.9 Å². The summed E-state index contributed by atoms with van der Waals surface area (Å²) in [5.74, 6) is -0.962. The molecule has 20 heavy (non-hydrogen) atoms. The molecule has 1 aromatic carbocycles. The third kappa shape index (κ3) is 3.17. The van der Waals surface area contributed by atoms with E-state index in [9.17, 15) is 9.59 Å². The standard InChI is InChI=1S/C15H20N2O3/c18-13(19)6-9-17-14(20)15(7-10-16-11-8-15)12-4-2-1-3-5-12/h1-5,16H,6-11H2,(H,17,20)(H,18,19). The highest BCUT2D eigenvalue weighted by Gasteiger charge is 2.40. The number of carboxylic acids is 1. The monoisotopic (exact) mass is 276 g/mol. The second-order valence-corrected chi connectivity index (χ2v) is 5.10. The van der Waals surface area contributed by atoms with Crippen LogP contribution in [0.4, 0.5) is 0 Å². The number of rotatable bonds is 5. The zero-order valence-corrected chi connectivity index (χ0v) is 11.4. The molecule has 0 unspecified atom stereocenters. The van der Waals surface area contributed by atoms with Gasteiger partial charge in [0.15, 0.2) is 0 Å². The number of hydrogen-bond acceptors (Lipinski definition) is 3. The molecule has 0 atom stereocenters. The Labute approximate surface area is 118 Å². The van der Waals surface area contributed by atoms with Gasteiger partial charge in [0.25, 0.3) is 0 Å². The van der Waals surface area contributed by atoms with E-state index < -0.39 is 11.4 Å². The van der Waals surface area contributed by atoms with Crippen molar-refractivity contribution in [3.05, 3.63) is 35.9 Å². The van der Waals surface area contributed by atoms with Crippen molar-refractivity contribution < 1.29 is 14.7 Å². The van der Waals surface area contributed by atoms with Gasteiger partial charge in [-0.3, -0.25) is 9.59 Å². The zero-order chi connectivity index (χ0) is 14.4. The smallest absolute Gasteiger partial charge is 0.305 e. The molecular formula is C15H20N2O3. The minimum atomic E-state index is -0.899. The Hall–Kier alpha value is -1.88. The highest BCUT2D eigenvalue weighted by molar-refractivity contribution is 5.88. The van der Waals surface area contributed by atoms with Crippen molar-refractivity contribution in [2.45, 2.75) is 24.7 Å². The number of benzene rings is 1. The first-order chi connectivity index (χ1) is 9.65. The topological polar surface area (TPSA) is 78.4 Å². The molecule has 0 saturated carbocycles. The van der Waals surface area contributed by atoms with Crippen LogP contribution in [0.5, 0.6) is 0 Å². The Morgan fingerprint density at radius 1 is 1.20 bits per heavy atom. The number of piperidine rings is 1. The molecule has 0 aromatic heterocycles. The van der Waals surface area contributed by atoms with Crippen LogP contribution in [0.3, 0.4) is 0 Å². The first kappa shape index (κ1) is 14.5. The average molecular weight is 276 g/mol. The summed E-state index contributed by atoms with van der Waals surface area (Å²) in [6.07, 6.45) is 1.42. The molecule has 1 aromatic rings. The maximum absolute atomic E-state index is 12.6. The molecule has 5 heteroatoms. The molecule has 0 spiro atoms. The van der Waals surface area contributed by atoms with Gasteiger partial charge in [-0.2, -0.15) is 0 Å². The minimum Gasteiger partial charge on any atom is -0.481 e. The Kier molecular flexibility index (Phi) is 4.74. The van der Waals surface area contributed by atoms with E-state index in [2.05, 4.69) is 10.6 Å². The van der Waals surface area contributed by atoms with Crippen LogP contribution in [0.1, 0.15) is 24.8 Å². The SMILES string of the molecule is O=C(O)CCNC(=O)C1(c2ccccc2)CCNCC1. The molecule has 1 aliphatic rings. The number of carbonyl (C=O) groups excluding carboxylic acids is 1. The summed E-state index contributed by atoms with van der Waals surface area (Å²) in [5.41, 5.74) is 0.472. The van der Waals surface area contributed by atoms with Crippen molar-refractivity contribution in [2.75, 3.05) is 19.6 Å². The molecule has 0 bridgehead atoms. The van der Waals surface area contributed by atoms with Gasteiger partial charge >= 0.3 is 5.97 Å². The average Bonchev–Trinajstić information content (AvgIpc) is 2.48. The summed E-state index contributed by atoms with van der Waals surface area (Å²) in [5, 5.41) is 14.7. The number of carbonyl (C=O) groups is 2. The van der Waals surface area contributed by atoms with E-state index >= 15 is 0 Å². The molecule has 0 aliphatic carbocycles. The number of nitrogens with one attached hydrogen (secondary N) is 2. The fraction of sp³-hybridized carbons (Fsp3) is 0.467. The van der Waals surface area contributed by atoms with E-state index in [-0.39, 0.29) is 18.9 Å². The van der Waals surface area contributed by atoms with E-state index in [0.717, 1.165) is 31.5 Å². The van der Waals surface area contributed by atoms with Crippen molar-refractivity contribution in [3.63, 3.8) is 0 Å².